The highest BCUT2D eigenvalue weighted by Crippen LogP contribution is 2.62. The molecule has 0 saturated heterocycles. The lowest BCUT2D eigenvalue weighted by molar-refractivity contribution is -0.195. The smallest absolute Gasteiger partial charge is 0.340 e. The first-order valence-corrected chi connectivity index (χ1v) is 20.0. The second-order valence-corrected chi connectivity index (χ2v) is 15.9. The Morgan fingerprint density at radius 1 is 0.839 bits per heavy atom. The number of hydrogen-bond acceptors (Lipinski definition) is 10. The number of aryl methyl sites for hydroxylation is 2. The van der Waals surface area contributed by atoms with Gasteiger partial charge in [0, 0.05) is 84.8 Å². The summed E-state index contributed by atoms with van der Waals surface area (Å²) >= 11 is 0. The Hall–Kier alpha value is -5.59. The number of amides is 2. The molecule has 0 aromatic heterocycles. The van der Waals surface area contributed by atoms with Gasteiger partial charge in [-0.2, -0.15) is 5.06 Å². The van der Waals surface area contributed by atoms with Crippen LogP contribution in [0, 0.1) is 0 Å². The molecule has 3 aromatic rings. The van der Waals surface area contributed by atoms with Gasteiger partial charge in [-0.1, -0.05) is 6.07 Å². The van der Waals surface area contributed by atoms with Gasteiger partial charge in [0.15, 0.2) is 5.60 Å². The fraction of sp³-hybridized carbons (Fsp3) is 0.465. The van der Waals surface area contributed by atoms with Crippen molar-refractivity contribution in [3.8, 4) is 11.5 Å². The van der Waals surface area contributed by atoms with Gasteiger partial charge in [-0.25, -0.2) is 9.59 Å². The maximum Gasteiger partial charge on any atom is 0.340 e. The number of benzene rings is 3. The van der Waals surface area contributed by atoms with Gasteiger partial charge in [0.2, 0.25) is 0 Å². The Kier molecular flexibility index (Phi) is 8.93. The quantitative estimate of drug-likeness (QED) is 0.174. The molecule has 3 aromatic carbocycles. The number of nitrogens with zero attached hydrogens (tertiary/aromatic N) is 3. The van der Waals surface area contributed by atoms with Crippen molar-refractivity contribution in [3.05, 3.63) is 80.4 Å². The minimum atomic E-state index is -1.29. The summed E-state index contributed by atoms with van der Waals surface area (Å²) < 4.78 is 13.9. The number of fused-ring (bicyclic) bond motifs is 8. The zero-order valence-corrected chi connectivity index (χ0v) is 31.8. The van der Waals surface area contributed by atoms with Crippen molar-refractivity contribution in [2.24, 2.45) is 0 Å². The summed E-state index contributed by atoms with van der Waals surface area (Å²) in [5.74, 6) is -1.93. The van der Waals surface area contributed by atoms with E-state index in [-0.39, 0.29) is 24.1 Å². The van der Waals surface area contributed by atoms with E-state index in [4.69, 9.17) is 14.3 Å². The average molecular weight is 763 g/mol. The van der Waals surface area contributed by atoms with Crippen LogP contribution in [0.1, 0.15) is 118 Å². The molecule has 1 atom stereocenters. The lowest BCUT2D eigenvalue weighted by Gasteiger charge is -2.45. The van der Waals surface area contributed by atoms with Crippen LogP contribution in [0.15, 0.2) is 30.3 Å². The molecular formula is C43H46N4O9. The fourth-order valence-electron chi connectivity index (χ4n) is 10.0. The predicted octanol–water partition coefficient (Wildman–Crippen LogP) is 5.33. The molecule has 0 saturated carbocycles. The van der Waals surface area contributed by atoms with Gasteiger partial charge in [-0.3, -0.25) is 14.4 Å². The summed E-state index contributed by atoms with van der Waals surface area (Å²) in [5.41, 5.74) is 8.76. The number of hydroxylamine groups is 2. The van der Waals surface area contributed by atoms with Crippen molar-refractivity contribution in [1.82, 2.24) is 10.4 Å². The van der Waals surface area contributed by atoms with Gasteiger partial charge < -0.3 is 34.5 Å². The SMILES string of the molecule is CC(=O)ON(CCCC[C@H](NC(=O)c1ccc2c(c1)C(=O)OC21c2cc3c4c(c2Oc2c1cc1c5c2CCCN5CCC1)CCCN4CCC3)C(=O)O)C(C)=O. The van der Waals surface area contributed by atoms with E-state index in [1.165, 1.54) is 53.5 Å². The first-order valence-electron chi connectivity index (χ1n) is 20.0. The fourth-order valence-corrected chi connectivity index (χ4v) is 10.0. The first-order chi connectivity index (χ1) is 27.0. The molecule has 1 spiro atoms. The number of ether oxygens (including phenoxy) is 2. The molecule has 6 aliphatic rings. The minimum absolute atomic E-state index is 0.0741. The van der Waals surface area contributed by atoms with Crippen LogP contribution in [0.25, 0.3) is 0 Å². The van der Waals surface area contributed by atoms with E-state index in [1.54, 1.807) is 12.1 Å². The highest BCUT2D eigenvalue weighted by atomic mass is 16.7. The number of rotatable bonds is 8. The summed E-state index contributed by atoms with van der Waals surface area (Å²) in [6.45, 7) is 6.58. The average Bonchev–Trinajstić information content (AvgIpc) is 3.48. The van der Waals surface area contributed by atoms with Crippen LogP contribution in [0.4, 0.5) is 11.4 Å². The van der Waals surface area contributed by atoms with Crippen molar-refractivity contribution in [2.45, 2.75) is 96.1 Å². The summed E-state index contributed by atoms with van der Waals surface area (Å²) in [7, 11) is 0. The van der Waals surface area contributed by atoms with Crippen LogP contribution in [0.2, 0.25) is 0 Å². The summed E-state index contributed by atoms with van der Waals surface area (Å²) in [6, 6.07) is 8.14. The number of hydrogen-bond donors (Lipinski definition) is 2. The molecule has 13 nitrogen and oxygen atoms in total. The van der Waals surface area contributed by atoms with Crippen LogP contribution in [-0.4, -0.2) is 78.7 Å². The van der Waals surface area contributed by atoms with E-state index in [2.05, 4.69) is 27.2 Å². The maximum atomic E-state index is 14.3. The molecule has 0 radical (unpaired) electrons. The second kappa shape index (κ2) is 13.9. The third-order valence-corrected chi connectivity index (χ3v) is 12.3. The van der Waals surface area contributed by atoms with Crippen molar-refractivity contribution in [2.75, 3.05) is 42.5 Å². The maximum absolute atomic E-state index is 14.3. The number of esters is 1. The molecule has 13 heteroatoms. The monoisotopic (exact) mass is 762 g/mol. The number of anilines is 2. The van der Waals surface area contributed by atoms with Crippen LogP contribution < -0.4 is 19.9 Å². The zero-order valence-electron chi connectivity index (χ0n) is 31.8. The highest BCUT2D eigenvalue weighted by Gasteiger charge is 2.56. The summed E-state index contributed by atoms with van der Waals surface area (Å²) in [6.07, 6.45) is 8.43. The Bertz CT molecular complexity index is 2130. The Morgan fingerprint density at radius 3 is 1.98 bits per heavy atom. The number of carboxylic acid groups (broad SMARTS) is 1. The number of carbonyl (C=O) groups is 5. The zero-order chi connectivity index (χ0) is 38.9. The van der Waals surface area contributed by atoms with E-state index in [0.717, 1.165) is 105 Å². The molecule has 6 aliphatic heterocycles. The topological polar surface area (TPSA) is 155 Å². The molecule has 0 bridgehead atoms. The molecule has 0 fully saturated rings. The molecule has 292 valence electrons. The van der Waals surface area contributed by atoms with E-state index in [9.17, 15) is 29.1 Å². The standard InChI is InChI=1S/C43H46N4O9/c1-24(48)47(56-25(2)49)20-4-3-13-35(41(51)52)44-40(50)28-14-15-32-31(21-28)42(53)55-43(32)33-22-26-9-5-16-45-18-7-11-29(36(26)45)38(33)54-39-30-12-8-19-46-17-6-10-27(37(30)46)23-34(39)43/h14-15,21-23,35H,3-13,16-20H2,1-2H3,(H,44,50)(H,51,52)/t35-/m0/s1. The summed E-state index contributed by atoms with van der Waals surface area (Å²) in [4.78, 5) is 73.2. The Morgan fingerprint density at radius 2 is 1.43 bits per heavy atom. The lowest BCUT2D eigenvalue weighted by atomic mass is 9.72. The molecule has 56 heavy (non-hydrogen) atoms. The van der Waals surface area contributed by atoms with Gasteiger partial charge in [-0.05, 0) is 106 Å². The molecule has 2 N–H and O–H groups in total. The largest absolute Gasteiger partial charge is 0.480 e. The van der Waals surface area contributed by atoms with Crippen molar-refractivity contribution < 1.29 is 43.4 Å². The van der Waals surface area contributed by atoms with Crippen LogP contribution >= 0.6 is 0 Å². The van der Waals surface area contributed by atoms with E-state index >= 15 is 0 Å². The number of carboxylic acids is 1. The predicted molar refractivity (Wildman–Crippen MR) is 204 cm³/mol. The molecule has 9 rings (SSSR count). The molecule has 6 heterocycles. The first kappa shape index (κ1) is 36.1. The van der Waals surface area contributed by atoms with Gasteiger partial charge in [0.25, 0.3) is 11.8 Å². The Balaban J connectivity index is 1.08. The van der Waals surface area contributed by atoms with E-state index in [1.807, 2.05) is 0 Å². The molecular weight excluding hydrogens is 716 g/mol. The third kappa shape index (κ3) is 5.76. The van der Waals surface area contributed by atoms with Gasteiger partial charge in [0.05, 0.1) is 12.1 Å². The lowest BCUT2D eigenvalue weighted by Crippen LogP contribution is -2.41. The van der Waals surface area contributed by atoms with Crippen LogP contribution in [-0.2, 0) is 55.2 Å². The summed E-state index contributed by atoms with van der Waals surface area (Å²) in [5, 5.41) is 13.5. The highest BCUT2D eigenvalue weighted by molar-refractivity contribution is 6.03. The minimum Gasteiger partial charge on any atom is -0.480 e. The molecule has 2 amide bonds. The van der Waals surface area contributed by atoms with E-state index in [0.29, 0.717) is 18.4 Å². The van der Waals surface area contributed by atoms with Gasteiger partial charge in [0.1, 0.15) is 17.5 Å². The molecule has 0 unspecified atom stereocenters. The van der Waals surface area contributed by atoms with Crippen LogP contribution in [0.3, 0.4) is 0 Å². The number of unbranched alkanes of at least 4 members (excludes halogenated alkanes) is 1. The number of aliphatic carboxylic acids is 1. The van der Waals surface area contributed by atoms with Crippen molar-refractivity contribution in [1.29, 1.82) is 0 Å². The van der Waals surface area contributed by atoms with Crippen molar-refractivity contribution in [3.63, 3.8) is 0 Å². The number of carbonyl (C=O) groups excluding carboxylic acids is 4. The Labute approximate surface area is 324 Å². The van der Waals surface area contributed by atoms with Crippen LogP contribution in [0.5, 0.6) is 11.5 Å². The van der Waals surface area contributed by atoms with E-state index < -0.39 is 41.4 Å². The van der Waals surface area contributed by atoms with Gasteiger partial charge >= 0.3 is 17.9 Å². The normalized spacial score (nSPS) is 18.3. The number of nitrogens with one attached hydrogen (secondary N) is 1. The molecule has 0 aliphatic carbocycles. The second-order valence-electron chi connectivity index (χ2n) is 15.9. The third-order valence-electron chi connectivity index (χ3n) is 12.3. The van der Waals surface area contributed by atoms with Gasteiger partial charge in [-0.15, -0.1) is 0 Å². The van der Waals surface area contributed by atoms with Crippen molar-refractivity contribution >= 4 is 41.1 Å².